The predicted octanol–water partition coefficient (Wildman–Crippen LogP) is 2.84. The molecule has 2 rings (SSSR count). The van der Waals surface area contributed by atoms with Gasteiger partial charge in [0.1, 0.15) is 0 Å². The van der Waals surface area contributed by atoms with Gasteiger partial charge in [-0.1, -0.05) is 6.07 Å². The number of hydrogen-bond acceptors (Lipinski definition) is 3. The summed E-state index contributed by atoms with van der Waals surface area (Å²) in [4.78, 5) is 16.5. The number of aromatic nitrogens is 1. The second-order valence-electron chi connectivity index (χ2n) is 4.61. The monoisotopic (exact) mass is 255 g/mol. The number of nitrogens with one attached hydrogen (secondary N) is 1. The zero-order valence-electron chi connectivity index (χ0n) is 11.3. The largest absolute Gasteiger partial charge is 0.399 e. The molecule has 1 aromatic heterocycles. The number of nitrogen functional groups attached to an aromatic ring is 1. The lowest BCUT2D eigenvalue weighted by molar-refractivity contribution is 0.102. The van der Waals surface area contributed by atoms with Crippen molar-refractivity contribution in [3.8, 4) is 0 Å². The van der Waals surface area contributed by atoms with Gasteiger partial charge < -0.3 is 11.1 Å². The minimum Gasteiger partial charge on any atom is -0.399 e. The van der Waals surface area contributed by atoms with E-state index < -0.39 is 0 Å². The lowest BCUT2D eigenvalue weighted by Crippen LogP contribution is -2.15. The van der Waals surface area contributed by atoms with E-state index in [1.54, 1.807) is 12.1 Å². The molecule has 2 aromatic rings. The first kappa shape index (κ1) is 13.1. The quantitative estimate of drug-likeness (QED) is 0.811. The van der Waals surface area contributed by atoms with Crippen molar-refractivity contribution < 1.29 is 4.79 Å². The third-order valence-corrected chi connectivity index (χ3v) is 2.98. The first-order chi connectivity index (χ1) is 8.97. The van der Waals surface area contributed by atoms with Crippen LogP contribution in [0.3, 0.4) is 0 Å². The number of nitrogens with zero attached hydrogens (tertiary/aromatic N) is 1. The van der Waals surface area contributed by atoms with Crippen LogP contribution in [0.2, 0.25) is 0 Å². The molecule has 0 saturated carbocycles. The molecule has 4 heteroatoms. The van der Waals surface area contributed by atoms with E-state index in [9.17, 15) is 4.79 Å². The number of benzene rings is 1. The fraction of sp³-hybridized carbons (Fsp3) is 0.200. The molecule has 1 aromatic carbocycles. The van der Waals surface area contributed by atoms with Gasteiger partial charge in [0, 0.05) is 17.1 Å². The zero-order chi connectivity index (χ0) is 14.0. The van der Waals surface area contributed by atoms with Gasteiger partial charge in [-0.15, -0.1) is 0 Å². The number of carbonyl (C=O) groups excluding carboxylic acids is 1. The van der Waals surface area contributed by atoms with Gasteiger partial charge in [0.2, 0.25) is 0 Å². The van der Waals surface area contributed by atoms with Crippen molar-refractivity contribution in [3.05, 3.63) is 52.8 Å². The second-order valence-corrected chi connectivity index (χ2v) is 4.61. The third kappa shape index (κ3) is 2.91. The highest BCUT2D eigenvalue weighted by Gasteiger charge is 2.11. The SMILES string of the molecule is Cc1ccc(C(=O)Nc2cc(N)ccc2C)c(C)n1. The number of rotatable bonds is 2. The molecule has 0 fully saturated rings. The first-order valence-corrected chi connectivity index (χ1v) is 6.09. The van der Waals surface area contributed by atoms with Gasteiger partial charge in [0.25, 0.3) is 5.91 Å². The smallest absolute Gasteiger partial charge is 0.257 e. The Hall–Kier alpha value is -2.36. The average Bonchev–Trinajstić information content (AvgIpc) is 2.33. The van der Waals surface area contributed by atoms with Crippen LogP contribution in [0.5, 0.6) is 0 Å². The highest BCUT2D eigenvalue weighted by Crippen LogP contribution is 2.19. The highest BCUT2D eigenvalue weighted by atomic mass is 16.1. The molecule has 0 aliphatic rings. The van der Waals surface area contributed by atoms with E-state index >= 15 is 0 Å². The van der Waals surface area contributed by atoms with Gasteiger partial charge in [-0.25, -0.2) is 0 Å². The zero-order valence-corrected chi connectivity index (χ0v) is 11.3. The molecular weight excluding hydrogens is 238 g/mol. The standard InChI is InChI=1S/C15H17N3O/c1-9-4-6-12(16)8-14(9)18-15(19)13-7-5-10(2)17-11(13)3/h4-8H,16H2,1-3H3,(H,18,19). The molecule has 0 aliphatic carbocycles. The molecule has 1 amide bonds. The molecule has 0 aliphatic heterocycles. The van der Waals surface area contributed by atoms with E-state index in [2.05, 4.69) is 10.3 Å². The average molecular weight is 255 g/mol. The minimum absolute atomic E-state index is 0.168. The molecule has 0 unspecified atom stereocenters. The highest BCUT2D eigenvalue weighted by molar-refractivity contribution is 6.05. The number of pyridine rings is 1. The Morgan fingerprint density at radius 2 is 1.89 bits per heavy atom. The molecular formula is C15H17N3O. The molecule has 4 nitrogen and oxygen atoms in total. The van der Waals surface area contributed by atoms with Crippen molar-refractivity contribution in [1.82, 2.24) is 4.98 Å². The summed E-state index contributed by atoms with van der Waals surface area (Å²) in [5, 5.41) is 2.87. The van der Waals surface area contributed by atoms with E-state index in [1.165, 1.54) is 0 Å². The maximum Gasteiger partial charge on any atom is 0.257 e. The van der Waals surface area contributed by atoms with Gasteiger partial charge >= 0.3 is 0 Å². The van der Waals surface area contributed by atoms with Crippen molar-refractivity contribution in [3.63, 3.8) is 0 Å². The number of aryl methyl sites for hydroxylation is 3. The van der Waals surface area contributed by atoms with Crippen LogP contribution < -0.4 is 11.1 Å². The number of hydrogen-bond donors (Lipinski definition) is 2. The van der Waals surface area contributed by atoms with Crippen LogP contribution in [-0.2, 0) is 0 Å². The molecule has 0 bridgehead atoms. The lowest BCUT2D eigenvalue weighted by atomic mass is 10.1. The Balaban J connectivity index is 2.28. The molecule has 19 heavy (non-hydrogen) atoms. The molecule has 0 radical (unpaired) electrons. The van der Waals surface area contributed by atoms with Gasteiger partial charge in [-0.2, -0.15) is 0 Å². The number of amides is 1. The van der Waals surface area contributed by atoms with Crippen molar-refractivity contribution >= 4 is 17.3 Å². The summed E-state index contributed by atoms with van der Waals surface area (Å²) in [6, 6.07) is 9.06. The van der Waals surface area contributed by atoms with E-state index in [0.29, 0.717) is 11.3 Å². The molecule has 0 spiro atoms. The summed E-state index contributed by atoms with van der Waals surface area (Å²) in [6.07, 6.45) is 0. The summed E-state index contributed by atoms with van der Waals surface area (Å²) in [6.45, 7) is 5.65. The van der Waals surface area contributed by atoms with Crippen molar-refractivity contribution in [1.29, 1.82) is 0 Å². The van der Waals surface area contributed by atoms with Gasteiger partial charge in [-0.3, -0.25) is 9.78 Å². The fourth-order valence-corrected chi connectivity index (χ4v) is 1.89. The predicted molar refractivity (Wildman–Crippen MR) is 77.3 cm³/mol. The Labute approximate surface area is 112 Å². The maximum atomic E-state index is 12.2. The maximum absolute atomic E-state index is 12.2. The molecule has 0 saturated heterocycles. The van der Waals surface area contributed by atoms with Crippen LogP contribution in [-0.4, -0.2) is 10.9 Å². The normalized spacial score (nSPS) is 10.3. The first-order valence-electron chi connectivity index (χ1n) is 6.09. The van der Waals surface area contributed by atoms with Crippen molar-refractivity contribution in [2.75, 3.05) is 11.1 Å². The fourth-order valence-electron chi connectivity index (χ4n) is 1.89. The summed E-state index contributed by atoms with van der Waals surface area (Å²) >= 11 is 0. The minimum atomic E-state index is -0.168. The van der Waals surface area contributed by atoms with Crippen LogP contribution in [0.1, 0.15) is 27.3 Å². The molecule has 98 valence electrons. The van der Waals surface area contributed by atoms with E-state index in [1.807, 2.05) is 39.0 Å². The third-order valence-electron chi connectivity index (χ3n) is 2.98. The molecule has 3 N–H and O–H groups in total. The van der Waals surface area contributed by atoms with Crippen LogP contribution in [0, 0.1) is 20.8 Å². The van der Waals surface area contributed by atoms with E-state index in [4.69, 9.17) is 5.73 Å². The Bertz CT molecular complexity index is 635. The molecule has 0 atom stereocenters. The van der Waals surface area contributed by atoms with Gasteiger partial charge in [0.05, 0.1) is 11.3 Å². The summed E-state index contributed by atoms with van der Waals surface area (Å²) in [7, 11) is 0. The van der Waals surface area contributed by atoms with Crippen molar-refractivity contribution in [2.45, 2.75) is 20.8 Å². The molecule has 1 heterocycles. The van der Waals surface area contributed by atoms with Crippen LogP contribution in [0.25, 0.3) is 0 Å². The Kier molecular flexibility index (Phi) is 3.51. The summed E-state index contributed by atoms with van der Waals surface area (Å²) < 4.78 is 0. The van der Waals surface area contributed by atoms with Crippen LogP contribution in [0.15, 0.2) is 30.3 Å². The van der Waals surface area contributed by atoms with E-state index in [-0.39, 0.29) is 5.91 Å². The lowest BCUT2D eigenvalue weighted by Gasteiger charge is -2.10. The Morgan fingerprint density at radius 3 is 2.58 bits per heavy atom. The second kappa shape index (κ2) is 5.10. The Morgan fingerprint density at radius 1 is 1.16 bits per heavy atom. The van der Waals surface area contributed by atoms with Gasteiger partial charge in [-0.05, 0) is 50.6 Å². The van der Waals surface area contributed by atoms with E-state index in [0.717, 1.165) is 22.6 Å². The van der Waals surface area contributed by atoms with Crippen LogP contribution in [0.4, 0.5) is 11.4 Å². The number of carbonyl (C=O) groups is 1. The summed E-state index contributed by atoms with van der Waals surface area (Å²) in [5.74, 6) is -0.168. The topological polar surface area (TPSA) is 68.0 Å². The number of anilines is 2. The number of nitrogens with two attached hydrogens (primary N) is 1. The van der Waals surface area contributed by atoms with Crippen LogP contribution >= 0.6 is 0 Å². The van der Waals surface area contributed by atoms with Gasteiger partial charge in [0.15, 0.2) is 0 Å². The van der Waals surface area contributed by atoms with Crippen molar-refractivity contribution in [2.24, 2.45) is 0 Å². The summed E-state index contributed by atoms with van der Waals surface area (Å²) in [5.41, 5.74) is 10.2.